The molecule has 0 aromatic carbocycles. The Hall–Kier alpha value is -0.950. The molecule has 0 bridgehead atoms. The minimum Gasteiger partial charge on any atom is -0.339 e. The molecule has 1 aromatic heterocycles. The maximum Gasteiger partial charge on any atom is 0.231 e. The molecule has 2 unspecified atom stereocenters. The summed E-state index contributed by atoms with van der Waals surface area (Å²) in [6.45, 7) is 3.90. The van der Waals surface area contributed by atoms with Crippen LogP contribution in [0, 0.1) is 0 Å². The summed E-state index contributed by atoms with van der Waals surface area (Å²) in [7, 11) is -3.20. The highest BCUT2D eigenvalue weighted by atomic mass is 32.2. The first kappa shape index (κ1) is 13.1. The molecule has 0 aliphatic rings. The zero-order chi connectivity index (χ0) is 12.3. The number of sulfone groups is 1. The van der Waals surface area contributed by atoms with Crippen LogP contribution in [0.3, 0.4) is 0 Å². The molecular weight excluding hydrogens is 230 g/mol. The Bertz CT molecular complexity index is 437. The van der Waals surface area contributed by atoms with Crippen molar-refractivity contribution < 1.29 is 12.9 Å². The van der Waals surface area contributed by atoms with Gasteiger partial charge in [-0.1, -0.05) is 12.1 Å². The first-order valence-electron chi connectivity index (χ1n) is 5.12. The molecule has 0 amide bonds. The fraction of sp³-hybridized carbons (Fsp3) is 0.778. The maximum absolute atomic E-state index is 11.3. The maximum atomic E-state index is 11.3. The lowest BCUT2D eigenvalue weighted by Crippen LogP contribution is -2.13. The lowest BCUT2D eigenvalue weighted by Gasteiger charge is -2.05. The number of hydrogen-bond acceptors (Lipinski definition) is 6. The lowest BCUT2D eigenvalue weighted by atomic mass is 10.1. The van der Waals surface area contributed by atoms with E-state index in [-0.39, 0.29) is 11.7 Å². The quantitative estimate of drug-likeness (QED) is 0.819. The van der Waals surface area contributed by atoms with Crippen LogP contribution in [0.25, 0.3) is 0 Å². The van der Waals surface area contributed by atoms with Crippen molar-refractivity contribution in [3.63, 3.8) is 0 Å². The molecule has 2 atom stereocenters. The van der Waals surface area contributed by atoms with E-state index < -0.39 is 15.1 Å². The van der Waals surface area contributed by atoms with Crippen LogP contribution in [0.5, 0.6) is 0 Å². The third kappa shape index (κ3) is 2.79. The van der Waals surface area contributed by atoms with Crippen molar-refractivity contribution in [3.8, 4) is 0 Å². The second-order valence-electron chi connectivity index (χ2n) is 3.80. The van der Waals surface area contributed by atoms with Crippen LogP contribution < -0.4 is 5.73 Å². The van der Waals surface area contributed by atoms with E-state index >= 15 is 0 Å². The monoisotopic (exact) mass is 247 g/mol. The van der Waals surface area contributed by atoms with Crippen LogP contribution >= 0.6 is 0 Å². The van der Waals surface area contributed by atoms with Gasteiger partial charge in [-0.25, -0.2) is 8.42 Å². The van der Waals surface area contributed by atoms with Crippen molar-refractivity contribution in [3.05, 3.63) is 11.7 Å². The molecule has 0 radical (unpaired) electrons. The summed E-state index contributed by atoms with van der Waals surface area (Å²) in [5, 5.41) is 2.93. The molecule has 1 rings (SSSR count). The Kier molecular flexibility index (Phi) is 4.03. The van der Waals surface area contributed by atoms with Gasteiger partial charge in [0.15, 0.2) is 15.7 Å². The highest BCUT2D eigenvalue weighted by Crippen LogP contribution is 2.21. The first-order valence-corrected chi connectivity index (χ1v) is 7.08. The summed E-state index contributed by atoms with van der Waals surface area (Å²) in [5.41, 5.74) is 5.54. The van der Waals surface area contributed by atoms with Gasteiger partial charge in [-0.2, -0.15) is 4.98 Å². The smallest absolute Gasteiger partial charge is 0.231 e. The zero-order valence-corrected chi connectivity index (χ0v) is 10.5. The topological polar surface area (TPSA) is 99.1 Å². The summed E-state index contributed by atoms with van der Waals surface area (Å²) in [6.07, 6.45) is 1.93. The summed E-state index contributed by atoms with van der Waals surface area (Å²) in [4.78, 5) is 4.08. The summed E-state index contributed by atoms with van der Waals surface area (Å²) >= 11 is 0. The predicted octanol–water partition coefficient (Wildman–Crippen LogP) is 0.628. The molecule has 0 aliphatic heterocycles. The fourth-order valence-electron chi connectivity index (χ4n) is 1.21. The van der Waals surface area contributed by atoms with Crippen molar-refractivity contribution in [1.82, 2.24) is 10.1 Å². The van der Waals surface area contributed by atoms with E-state index in [1.807, 2.05) is 6.92 Å². The minimum absolute atomic E-state index is 0.00647. The van der Waals surface area contributed by atoms with E-state index in [4.69, 9.17) is 10.3 Å². The Morgan fingerprint density at radius 1 is 1.50 bits per heavy atom. The SMILES string of the molecule is CCC(CN)c1nc(C(C)S(C)(=O)=O)no1. The molecule has 7 heteroatoms. The Balaban J connectivity index is 2.95. The average molecular weight is 247 g/mol. The largest absolute Gasteiger partial charge is 0.339 e. The van der Waals surface area contributed by atoms with Gasteiger partial charge >= 0.3 is 0 Å². The number of nitrogens with zero attached hydrogens (tertiary/aromatic N) is 2. The van der Waals surface area contributed by atoms with Crippen LogP contribution in [-0.4, -0.2) is 31.4 Å². The second-order valence-corrected chi connectivity index (χ2v) is 6.17. The summed E-state index contributed by atoms with van der Waals surface area (Å²) in [6, 6.07) is 0. The van der Waals surface area contributed by atoms with Crippen LogP contribution in [0.15, 0.2) is 4.52 Å². The summed E-state index contributed by atoms with van der Waals surface area (Å²) in [5.74, 6) is 0.605. The zero-order valence-electron chi connectivity index (χ0n) is 9.67. The van der Waals surface area contributed by atoms with Gasteiger partial charge < -0.3 is 10.3 Å². The van der Waals surface area contributed by atoms with Crippen molar-refractivity contribution in [1.29, 1.82) is 0 Å². The van der Waals surface area contributed by atoms with E-state index in [2.05, 4.69) is 10.1 Å². The normalized spacial score (nSPS) is 16.0. The summed E-state index contributed by atoms with van der Waals surface area (Å²) < 4.78 is 27.6. The molecule has 6 nitrogen and oxygen atoms in total. The minimum atomic E-state index is -3.20. The van der Waals surface area contributed by atoms with Crippen molar-refractivity contribution in [2.45, 2.75) is 31.4 Å². The molecule has 2 N–H and O–H groups in total. The number of hydrogen-bond donors (Lipinski definition) is 1. The Morgan fingerprint density at radius 3 is 2.56 bits per heavy atom. The average Bonchev–Trinajstić information content (AvgIpc) is 2.66. The highest BCUT2D eigenvalue weighted by Gasteiger charge is 2.24. The van der Waals surface area contributed by atoms with Crippen LogP contribution in [-0.2, 0) is 9.84 Å². The highest BCUT2D eigenvalue weighted by molar-refractivity contribution is 7.90. The van der Waals surface area contributed by atoms with Gasteiger partial charge in [-0.05, 0) is 13.3 Å². The molecule has 16 heavy (non-hydrogen) atoms. The molecule has 92 valence electrons. The van der Waals surface area contributed by atoms with E-state index in [0.29, 0.717) is 12.4 Å². The van der Waals surface area contributed by atoms with Crippen molar-refractivity contribution in [2.24, 2.45) is 5.73 Å². The van der Waals surface area contributed by atoms with Crippen molar-refractivity contribution in [2.75, 3.05) is 12.8 Å². The van der Waals surface area contributed by atoms with Crippen LogP contribution in [0.1, 0.15) is 43.2 Å². The molecule has 0 saturated carbocycles. The molecular formula is C9H17N3O3S. The fourth-order valence-corrected chi connectivity index (χ4v) is 1.69. The standard InChI is InChI=1S/C9H17N3O3S/c1-4-7(5-10)9-11-8(12-15-9)6(2)16(3,13)14/h6-7H,4-5,10H2,1-3H3. The molecule has 0 fully saturated rings. The van der Waals surface area contributed by atoms with Gasteiger partial charge in [0.25, 0.3) is 0 Å². The third-order valence-corrected chi connectivity index (χ3v) is 4.09. The lowest BCUT2D eigenvalue weighted by molar-refractivity contribution is 0.347. The van der Waals surface area contributed by atoms with Gasteiger partial charge in [0.1, 0.15) is 5.25 Å². The van der Waals surface area contributed by atoms with E-state index in [1.165, 1.54) is 6.92 Å². The van der Waals surface area contributed by atoms with Crippen LogP contribution in [0.4, 0.5) is 0 Å². The van der Waals surface area contributed by atoms with E-state index in [9.17, 15) is 8.42 Å². The van der Waals surface area contributed by atoms with E-state index in [1.54, 1.807) is 0 Å². The van der Waals surface area contributed by atoms with E-state index in [0.717, 1.165) is 12.7 Å². The molecule has 1 heterocycles. The molecule has 0 aliphatic carbocycles. The van der Waals surface area contributed by atoms with Gasteiger partial charge in [0.05, 0.1) is 5.92 Å². The number of nitrogens with two attached hydrogens (primary N) is 1. The molecule has 1 aromatic rings. The van der Waals surface area contributed by atoms with Crippen molar-refractivity contribution >= 4 is 9.84 Å². The Labute approximate surface area is 95.1 Å². The first-order chi connectivity index (χ1) is 7.40. The number of rotatable bonds is 5. The second kappa shape index (κ2) is 4.92. The molecule has 0 spiro atoms. The predicted molar refractivity (Wildman–Crippen MR) is 59.6 cm³/mol. The third-order valence-electron chi connectivity index (χ3n) is 2.59. The van der Waals surface area contributed by atoms with Gasteiger partial charge in [0, 0.05) is 12.8 Å². The van der Waals surface area contributed by atoms with Crippen LogP contribution in [0.2, 0.25) is 0 Å². The molecule has 0 saturated heterocycles. The van der Waals surface area contributed by atoms with Gasteiger partial charge in [-0.15, -0.1) is 0 Å². The van der Waals surface area contributed by atoms with Gasteiger partial charge in [0.2, 0.25) is 5.89 Å². The Morgan fingerprint density at radius 2 is 2.12 bits per heavy atom. The number of aromatic nitrogens is 2. The van der Waals surface area contributed by atoms with Gasteiger partial charge in [-0.3, -0.25) is 0 Å².